The first-order chi connectivity index (χ1) is 9.96. The lowest BCUT2D eigenvalue weighted by Gasteiger charge is -2.41. The van der Waals surface area contributed by atoms with Crippen LogP contribution >= 0.6 is 0 Å². The number of benzene rings is 1. The summed E-state index contributed by atoms with van der Waals surface area (Å²) in [7, 11) is 0. The summed E-state index contributed by atoms with van der Waals surface area (Å²) in [4.78, 5) is 14.2. The number of hydrogen-bond acceptors (Lipinski definition) is 3. The van der Waals surface area contributed by atoms with Gasteiger partial charge in [0.1, 0.15) is 6.07 Å². The van der Waals surface area contributed by atoms with Crippen molar-refractivity contribution in [2.24, 2.45) is 5.92 Å². The highest BCUT2D eigenvalue weighted by Crippen LogP contribution is 2.27. The first-order valence-electron chi connectivity index (χ1n) is 6.97. The molecule has 0 spiro atoms. The lowest BCUT2D eigenvalue weighted by Crippen LogP contribution is -2.57. The summed E-state index contributed by atoms with van der Waals surface area (Å²) >= 11 is 0. The molecule has 1 saturated heterocycles. The molecule has 0 atom stereocenters. The van der Waals surface area contributed by atoms with E-state index in [9.17, 15) is 4.79 Å². The molecular weight excluding hydrogens is 262 g/mol. The lowest BCUT2D eigenvalue weighted by atomic mass is 9.95. The fourth-order valence-corrected chi connectivity index (χ4v) is 2.44. The Morgan fingerprint density at radius 1 is 1.38 bits per heavy atom. The van der Waals surface area contributed by atoms with Gasteiger partial charge in [0.05, 0.1) is 22.7 Å². The molecule has 0 radical (unpaired) electrons. The van der Waals surface area contributed by atoms with Crippen LogP contribution in [0.4, 0.5) is 5.69 Å². The van der Waals surface area contributed by atoms with Crippen LogP contribution < -0.4 is 10.2 Å². The molecule has 1 fully saturated rings. The standard InChI is InChI=1S/C17H19N3O/c1-4-9-17(2,3)19-16(21)14-11-20(12-14)15-8-6-5-7-13(15)10-18/h5-8,14H,11-12H2,1-3H3,(H,19,21). The number of carbonyl (C=O) groups excluding carboxylic acids is 1. The molecule has 0 bridgehead atoms. The number of nitrogens with zero attached hydrogens (tertiary/aromatic N) is 2. The first kappa shape index (κ1) is 14.9. The summed E-state index contributed by atoms with van der Waals surface area (Å²) in [6.07, 6.45) is 0. The maximum Gasteiger partial charge on any atom is 0.227 e. The average Bonchev–Trinajstić information content (AvgIpc) is 2.36. The molecule has 1 aliphatic rings. The van der Waals surface area contributed by atoms with Crippen molar-refractivity contribution in [3.8, 4) is 17.9 Å². The Kier molecular flexibility index (Phi) is 4.19. The van der Waals surface area contributed by atoms with E-state index in [1.807, 2.05) is 32.0 Å². The second-order valence-corrected chi connectivity index (χ2v) is 5.72. The van der Waals surface area contributed by atoms with Gasteiger partial charge in [0.25, 0.3) is 0 Å². The van der Waals surface area contributed by atoms with E-state index in [0.29, 0.717) is 18.7 Å². The van der Waals surface area contributed by atoms with Crippen LogP contribution in [0.25, 0.3) is 0 Å². The molecular formula is C17H19N3O. The van der Waals surface area contributed by atoms with E-state index in [1.54, 1.807) is 13.0 Å². The second kappa shape index (κ2) is 5.89. The highest BCUT2D eigenvalue weighted by molar-refractivity contribution is 5.83. The van der Waals surface area contributed by atoms with Gasteiger partial charge < -0.3 is 10.2 Å². The summed E-state index contributed by atoms with van der Waals surface area (Å²) in [6, 6.07) is 9.64. The smallest absolute Gasteiger partial charge is 0.227 e. The SMILES string of the molecule is CC#CC(C)(C)NC(=O)C1CN(c2ccccc2C#N)C1. The van der Waals surface area contributed by atoms with Gasteiger partial charge in [-0.15, -0.1) is 5.92 Å². The molecule has 1 heterocycles. The van der Waals surface area contributed by atoms with Crippen LogP contribution in [0.5, 0.6) is 0 Å². The zero-order valence-corrected chi connectivity index (χ0v) is 12.6. The Balaban J connectivity index is 1.96. The summed E-state index contributed by atoms with van der Waals surface area (Å²) in [5, 5.41) is 12.1. The van der Waals surface area contributed by atoms with Crippen molar-refractivity contribution in [2.45, 2.75) is 26.3 Å². The van der Waals surface area contributed by atoms with Crippen molar-refractivity contribution in [3.05, 3.63) is 29.8 Å². The molecule has 0 unspecified atom stereocenters. The first-order valence-corrected chi connectivity index (χ1v) is 6.97. The van der Waals surface area contributed by atoms with Crippen molar-refractivity contribution >= 4 is 11.6 Å². The monoisotopic (exact) mass is 281 g/mol. The minimum atomic E-state index is -0.503. The van der Waals surface area contributed by atoms with E-state index >= 15 is 0 Å². The number of nitriles is 1. The fraction of sp³-hybridized carbons (Fsp3) is 0.412. The second-order valence-electron chi connectivity index (χ2n) is 5.72. The summed E-state index contributed by atoms with van der Waals surface area (Å²) in [5.41, 5.74) is 1.04. The molecule has 2 rings (SSSR count). The summed E-state index contributed by atoms with van der Waals surface area (Å²) < 4.78 is 0. The normalized spacial score (nSPS) is 14.5. The van der Waals surface area contributed by atoms with Crippen molar-refractivity contribution in [3.63, 3.8) is 0 Å². The van der Waals surface area contributed by atoms with Crippen LogP contribution in [-0.2, 0) is 4.79 Å². The number of rotatable bonds is 3. The van der Waals surface area contributed by atoms with Crippen LogP contribution in [0.1, 0.15) is 26.3 Å². The lowest BCUT2D eigenvalue weighted by molar-refractivity contribution is -0.126. The maximum atomic E-state index is 12.2. The van der Waals surface area contributed by atoms with E-state index in [1.165, 1.54) is 0 Å². The number of para-hydroxylation sites is 1. The van der Waals surface area contributed by atoms with Crippen LogP contribution in [0, 0.1) is 29.1 Å². The van der Waals surface area contributed by atoms with Gasteiger partial charge in [-0.25, -0.2) is 0 Å². The molecule has 1 aliphatic heterocycles. The molecule has 1 aromatic carbocycles. The number of hydrogen-bond donors (Lipinski definition) is 1. The summed E-state index contributed by atoms with van der Waals surface area (Å²) in [5.74, 6) is 5.78. The highest BCUT2D eigenvalue weighted by Gasteiger charge is 2.35. The van der Waals surface area contributed by atoms with Gasteiger partial charge in [0.15, 0.2) is 0 Å². The van der Waals surface area contributed by atoms with Gasteiger partial charge >= 0.3 is 0 Å². The largest absolute Gasteiger partial charge is 0.369 e. The fourth-order valence-electron chi connectivity index (χ4n) is 2.44. The Morgan fingerprint density at radius 3 is 2.67 bits per heavy atom. The third-order valence-corrected chi connectivity index (χ3v) is 3.49. The Morgan fingerprint density at radius 2 is 2.05 bits per heavy atom. The van der Waals surface area contributed by atoms with E-state index in [4.69, 9.17) is 5.26 Å². The number of carbonyl (C=O) groups is 1. The zero-order valence-electron chi connectivity index (χ0n) is 12.6. The van der Waals surface area contributed by atoms with Gasteiger partial charge in [-0.05, 0) is 32.9 Å². The van der Waals surface area contributed by atoms with Crippen LogP contribution in [0.2, 0.25) is 0 Å². The van der Waals surface area contributed by atoms with Gasteiger partial charge in [-0.1, -0.05) is 18.1 Å². The Hall–Kier alpha value is -2.46. The van der Waals surface area contributed by atoms with Crippen molar-refractivity contribution in [1.29, 1.82) is 5.26 Å². The number of amides is 1. The van der Waals surface area contributed by atoms with Crippen LogP contribution in [0.3, 0.4) is 0 Å². The van der Waals surface area contributed by atoms with E-state index in [2.05, 4.69) is 28.1 Å². The molecule has 4 heteroatoms. The Bertz CT molecular complexity index is 640. The summed E-state index contributed by atoms with van der Waals surface area (Å²) in [6.45, 7) is 6.82. The van der Waals surface area contributed by atoms with Gasteiger partial charge in [-0.3, -0.25) is 4.79 Å². The number of nitrogens with one attached hydrogen (secondary N) is 1. The predicted octanol–water partition coefficient (Wildman–Crippen LogP) is 1.91. The molecule has 4 nitrogen and oxygen atoms in total. The highest BCUT2D eigenvalue weighted by atomic mass is 16.2. The topological polar surface area (TPSA) is 56.1 Å². The third kappa shape index (κ3) is 3.35. The molecule has 21 heavy (non-hydrogen) atoms. The van der Waals surface area contributed by atoms with E-state index in [-0.39, 0.29) is 11.8 Å². The van der Waals surface area contributed by atoms with E-state index in [0.717, 1.165) is 5.69 Å². The van der Waals surface area contributed by atoms with Crippen molar-refractivity contribution in [1.82, 2.24) is 5.32 Å². The molecule has 1 N–H and O–H groups in total. The van der Waals surface area contributed by atoms with Gasteiger partial charge in [-0.2, -0.15) is 5.26 Å². The quantitative estimate of drug-likeness (QED) is 0.861. The van der Waals surface area contributed by atoms with Crippen LogP contribution in [0.15, 0.2) is 24.3 Å². The number of anilines is 1. The molecule has 108 valence electrons. The minimum absolute atomic E-state index is 0.0217. The molecule has 1 amide bonds. The van der Waals surface area contributed by atoms with Gasteiger partial charge in [0, 0.05) is 13.1 Å². The van der Waals surface area contributed by atoms with E-state index < -0.39 is 5.54 Å². The molecule has 1 aromatic rings. The van der Waals surface area contributed by atoms with Gasteiger partial charge in [0.2, 0.25) is 5.91 Å². The Labute approximate surface area is 125 Å². The molecule has 0 aromatic heterocycles. The minimum Gasteiger partial charge on any atom is -0.369 e. The van der Waals surface area contributed by atoms with Crippen molar-refractivity contribution in [2.75, 3.05) is 18.0 Å². The molecule has 0 aliphatic carbocycles. The average molecular weight is 281 g/mol. The zero-order chi connectivity index (χ0) is 15.5. The van der Waals surface area contributed by atoms with Crippen LogP contribution in [-0.4, -0.2) is 24.5 Å². The van der Waals surface area contributed by atoms with Crippen molar-refractivity contribution < 1.29 is 4.79 Å². The third-order valence-electron chi connectivity index (χ3n) is 3.49. The maximum absolute atomic E-state index is 12.2. The predicted molar refractivity (Wildman–Crippen MR) is 82.5 cm³/mol. The molecule has 0 saturated carbocycles.